The molecule has 114 valence electrons. The first-order chi connectivity index (χ1) is 10.1. The molecule has 0 fully saturated rings. The van der Waals surface area contributed by atoms with Gasteiger partial charge in [-0.3, -0.25) is 4.79 Å². The van der Waals surface area contributed by atoms with E-state index < -0.39 is 5.97 Å². The molecular formula is C16H20BrNO3. The highest BCUT2D eigenvalue weighted by Gasteiger charge is 2.04. The summed E-state index contributed by atoms with van der Waals surface area (Å²) in [5.41, 5.74) is 0.874. The Labute approximate surface area is 133 Å². The van der Waals surface area contributed by atoms with Crippen molar-refractivity contribution in [1.82, 2.24) is 5.32 Å². The number of hydrogen-bond acceptors (Lipinski definition) is 3. The van der Waals surface area contributed by atoms with Gasteiger partial charge in [-0.2, -0.15) is 0 Å². The van der Waals surface area contributed by atoms with E-state index in [1.165, 1.54) is 6.08 Å². The topological polar surface area (TPSA) is 55.4 Å². The number of hydrogen-bond donors (Lipinski definition) is 1. The van der Waals surface area contributed by atoms with E-state index in [4.69, 9.17) is 4.74 Å². The summed E-state index contributed by atoms with van der Waals surface area (Å²) in [7, 11) is 0. The number of unbranched alkanes of at least 4 members (excludes halogenated alkanes) is 2. The minimum Gasteiger partial charge on any atom is -0.452 e. The lowest BCUT2D eigenvalue weighted by atomic mass is 10.2. The Balaban J connectivity index is 2.28. The first kappa shape index (κ1) is 17.4. The number of rotatable bonds is 8. The van der Waals surface area contributed by atoms with Crippen LogP contribution in [-0.2, 0) is 14.3 Å². The minimum atomic E-state index is -0.533. The summed E-state index contributed by atoms with van der Waals surface area (Å²) >= 11 is 3.38. The Morgan fingerprint density at radius 3 is 2.76 bits per heavy atom. The van der Waals surface area contributed by atoms with E-state index >= 15 is 0 Å². The molecule has 1 aromatic rings. The second kappa shape index (κ2) is 10.2. The summed E-state index contributed by atoms with van der Waals surface area (Å²) in [5.74, 6) is -0.803. The molecule has 1 amide bonds. The van der Waals surface area contributed by atoms with Crippen molar-refractivity contribution in [3.8, 4) is 0 Å². The normalized spacial score (nSPS) is 10.6. The summed E-state index contributed by atoms with van der Waals surface area (Å²) in [6.07, 6.45) is 6.08. The molecule has 1 N–H and O–H groups in total. The summed E-state index contributed by atoms with van der Waals surface area (Å²) in [5, 5.41) is 2.71. The Morgan fingerprint density at radius 2 is 2.05 bits per heavy atom. The summed E-state index contributed by atoms with van der Waals surface area (Å²) in [6, 6.07) is 7.52. The number of carbonyl (C=O) groups excluding carboxylic acids is 2. The average Bonchev–Trinajstić information content (AvgIpc) is 2.48. The van der Waals surface area contributed by atoms with Crippen LogP contribution in [0.3, 0.4) is 0 Å². The fourth-order valence-electron chi connectivity index (χ4n) is 1.61. The van der Waals surface area contributed by atoms with Crippen molar-refractivity contribution < 1.29 is 14.3 Å². The second-order valence-electron chi connectivity index (χ2n) is 4.52. The lowest BCUT2D eigenvalue weighted by Crippen LogP contribution is -2.29. The van der Waals surface area contributed by atoms with Gasteiger partial charge in [0.15, 0.2) is 6.61 Å². The molecule has 0 radical (unpaired) electrons. The molecular weight excluding hydrogens is 334 g/mol. The molecule has 0 unspecified atom stereocenters. The number of ether oxygens (including phenoxy) is 1. The Kier molecular flexibility index (Phi) is 8.43. The van der Waals surface area contributed by atoms with Crippen LogP contribution in [0.5, 0.6) is 0 Å². The highest BCUT2D eigenvalue weighted by atomic mass is 79.9. The van der Waals surface area contributed by atoms with E-state index in [1.807, 2.05) is 24.3 Å². The van der Waals surface area contributed by atoms with Crippen molar-refractivity contribution in [2.24, 2.45) is 0 Å². The standard InChI is InChI=1S/C16H20BrNO3/c1-2-3-6-11-18-15(19)12-21-16(20)10-9-13-7-4-5-8-14(13)17/h4-5,7-10H,2-3,6,11-12H2,1H3,(H,18,19)/b10-9+. The predicted octanol–water partition coefficient (Wildman–Crippen LogP) is 3.31. The quantitative estimate of drug-likeness (QED) is 0.443. The van der Waals surface area contributed by atoms with Crippen molar-refractivity contribution in [3.63, 3.8) is 0 Å². The largest absolute Gasteiger partial charge is 0.452 e. The average molecular weight is 354 g/mol. The van der Waals surface area contributed by atoms with Gasteiger partial charge >= 0.3 is 5.97 Å². The Morgan fingerprint density at radius 1 is 1.29 bits per heavy atom. The minimum absolute atomic E-state index is 0.245. The maximum Gasteiger partial charge on any atom is 0.331 e. The highest BCUT2D eigenvalue weighted by molar-refractivity contribution is 9.10. The molecule has 0 atom stereocenters. The molecule has 0 heterocycles. The zero-order valence-corrected chi connectivity index (χ0v) is 13.7. The maximum atomic E-state index is 11.5. The van der Waals surface area contributed by atoms with Crippen molar-refractivity contribution >= 4 is 33.9 Å². The smallest absolute Gasteiger partial charge is 0.331 e. The van der Waals surface area contributed by atoms with E-state index in [9.17, 15) is 9.59 Å². The third kappa shape index (κ3) is 7.66. The fraction of sp³-hybridized carbons (Fsp3) is 0.375. The van der Waals surface area contributed by atoms with Crippen LogP contribution in [0.4, 0.5) is 0 Å². The Bertz CT molecular complexity index is 500. The van der Waals surface area contributed by atoms with E-state index in [2.05, 4.69) is 28.2 Å². The van der Waals surface area contributed by atoms with Gasteiger partial charge < -0.3 is 10.1 Å². The molecule has 0 aliphatic heterocycles. The van der Waals surface area contributed by atoms with Crippen LogP contribution in [0.1, 0.15) is 31.7 Å². The predicted molar refractivity (Wildman–Crippen MR) is 86.7 cm³/mol. The van der Waals surface area contributed by atoms with E-state index in [0.29, 0.717) is 6.54 Å². The molecule has 4 nitrogen and oxygen atoms in total. The second-order valence-corrected chi connectivity index (χ2v) is 5.37. The summed E-state index contributed by atoms with van der Waals surface area (Å²) in [4.78, 5) is 22.9. The van der Waals surface area contributed by atoms with E-state index in [0.717, 1.165) is 29.3 Å². The van der Waals surface area contributed by atoms with Crippen LogP contribution in [0.25, 0.3) is 6.08 Å². The summed E-state index contributed by atoms with van der Waals surface area (Å²) < 4.78 is 5.76. The van der Waals surface area contributed by atoms with Crippen LogP contribution in [0.15, 0.2) is 34.8 Å². The van der Waals surface area contributed by atoms with E-state index in [1.54, 1.807) is 6.08 Å². The van der Waals surface area contributed by atoms with Gasteiger partial charge in [0.25, 0.3) is 5.91 Å². The molecule has 0 aliphatic rings. The zero-order valence-electron chi connectivity index (χ0n) is 12.1. The number of carbonyl (C=O) groups is 2. The molecule has 21 heavy (non-hydrogen) atoms. The third-order valence-corrected chi connectivity index (χ3v) is 3.47. The zero-order chi connectivity index (χ0) is 15.5. The van der Waals surface area contributed by atoms with Crippen molar-refractivity contribution in [2.45, 2.75) is 26.2 Å². The molecule has 0 bridgehead atoms. The molecule has 0 aromatic heterocycles. The SMILES string of the molecule is CCCCCNC(=O)COC(=O)/C=C/c1ccccc1Br. The van der Waals surface area contributed by atoms with Crippen LogP contribution in [0.2, 0.25) is 0 Å². The lowest BCUT2D eigenvalue weighted by molar-refractivity contribution is -0.143. The molecule has 0 spiro atoms. The first-order valence-electron chi connectivity index (χ1n) is 6.99. The monoisotopic (exact) mass is 353 g/mol. The Hall–Kier alpha value is -1.62. The van der Waals surface area contributed by atoms with Crippen molar-refractivity contribution in [3.05, 3.63) is 40.4 Å². The van der Waals surface area contributed by atoms with Crippen LogP contribution in [0, 0.1) is 0 Å². The van der Waals surface area contributed by atoms with Gasteiger partial charge in [-0.1, -0.05) is 53.9 Å². The van der Waals surface area contributed by atoms with Gasteiger partial charge in [0.05, 0.1) is 0 Å². The molecule has 1 rings (SSSR count). The van der Waals surface area contributed by atoms with Gasteiger partial charge in [-0.25, -0.2) is 4.79 Å². The molecule has 0 saturated heterocycles. The van der Waals surface area contributed by atoms with Gasteiger partial charge in [-0.05, 0) is 24.1 Å². The van der Waals surface area contributed by atoms with E-state index in [-0.39, 0.29) is 12.5 Å². The molecule has 0 saturated carbocycles. The van der Waals surface area contributed by atoms with Gasteiger partial charge in [0.1, 0.15) is 0 Å². The van der Waals surface area contributed by atoms with Crippen LogP contribution >= 0.6 is 15.9 Å². The number of nitrogens with one attached hydrogen (secondary N) is 1. The first-order valence-corrected chi connectivity index (χ1v) is 7.79. The number of benzene rings is 1. The maximum absolute atomic E-state index is 11.5. The fourth-order valence-corrected chi connectivity index (χ4v) is 2.02. The number of amides is 1. The number of halogens is 1. The highest BCUT2D eigenvalue weighted by Crippen LogP contribution is 2.16. The molecule has 1 aromatic carbocycles. The molecule has 5 heteroatoms. The molecule has 0 aliphatic carbocycles. The third-order valence-electron chi connectivity index (χ3n) is 2.75. The van der Waals surface area contributed by atoms with Crippen LogP contribution in [-0.4, -0.2) is 25.0 Å². The summed E-state index contributed by atoms with van der Waals surface area (Å²) in [6.45, 7) is 2.48. The van der Waals surface area contributed by atoms with Gasteiger partial charge in [0, 0.05) is 17.1 Å². The van der Waals surface area contributed by atoms with Gasteiger partial charge in [0.2, 0.25) is 0 Å². The number of esters is 1. The van der Waals surface area contributed by atoms with Crippen molar-refractivity contribution in [1.29, 1.82) is 0 Å². The van der Waals surface area contributed by atoms with Gasteiger partial charge in [-0.15, -0.1) is 0 Å². The van der Waals surface area contributed by atoms with Crippen molar-refractivity contribution in [2.75, 3.05) is 13.2 Å². The lowest BCUT2D eigenvalue weighted by Gasteiger charge is -2.04. The van der Waals surface area contributed by atoms with Crippen LogP contribution < -0.4 is 5.32 Å².